The van der Waals surface area contributed by atoms with Gasteiger partial charge in [0, 0.05) is 39.0 Å². The third-order valence-corrected chi connectivity index (χ3v) is 6.34. The van der Waals surface area contributed by atoms with Crippen LogP contribution in [0.3, 0.4) is 0 Å². The Kier molecular flexibility index (Phi) is 5.83. The molecule has 1 saturated heterocycles. The number of para-hydroxylation sites is 2. The highest BCUT2D eigenvalue weighted by Crippen LogP contribution is 2.23. The van der Waals surface area contributed by atoms with Gasteiger partial charge in [0.2, 0.25) is 11.8 Å². The number of amides is 2. The summed E-state index contributed by atoms with van der Waals surface area (Å²) in [5.74, 6) is 0.536. The molecule has 1 aliphatic heterocycles. The first-order chi connectivity index (χ1) is 16.5. The van der Waals surface area contributed by atoms with Crippen LogP contribution < -0.4 is 5.32 Å². The van der Waals surface area contributed by atoms with Crippen molar-refractivity contribution in [2.24, 2.45) is 13.0 Å². The van der Waals surface area contributed by atoms with Crippen LogP contribution in [0.1, 0.15) is 18.7 Å². The fourth-order valence-electron chi connectivity index (χ4n) is 4.39. The van der Waals surface area contributed by atoms with Crippen molar-refractivity contribution >= 4 is 28.7 Å². The fourth-order valence-corrected chi connectivity index (χ4v) is 4.39. The minimum Gasteiger partial charge on any atom is -0.342 e. The van der Waals surface area contributed by atoms with Crippen LogP contribution in [0.5, 0.6) is 0 Å². The summed E-state index contributed by atoms with van der Waals surface area (Å²) in [5, 5.41) is 9.80. The van der Waals surface area contributed by atoms with Crippen molar-refractivity contribution in [1.29, 1.82) is 0 Å². The van der Waals surface area contributed by atoms with E-state index < -0.39 is 0 Å². The molecule has 34 heavy (non-hydrogen) atoms. The van der Waals surface area contributed by atoms with E-state index in [1.165, 1.54) is 12.1 Å². The van der Waals surface area contributed by atoms with Crippen molar-refractivity contribution in [2.75, 3.05) is 18.4 Å². The number of H-pyrrole nitrogens is 1. The summed E-state index contributed by atoms with van der Waals surface area (Å²) in [6, 6.07) is 15.6. The highest BCUT2D eigenvalue weighted by atomic mass is 19.1. The van der Waals surface area contributed by atoms with Crippen molar-refractivity contribution in [3.05, 3.63) is 66.2 Å². The number of fused-ring (bicyclic) bond motifs is 1. The maximum absolute atomic E-state index is 13.1. The number of nitrogens with one attached hydrogen (secondary N) is 2. The maximum atomic E-state index is 13.1. The van der Waals surface area contributed by atoms with Gasteiger partial charge in [-0.2, -0.15) is 5.10 Å². The molecule has 0 saturated carbocycles. The number of halogens is 1. The number of nitrogens with zero attached hydrogens (tertiary/aromatic N) is 4. The van der Waals surface area contributed by atoms with E-state index in [1.54, 1.807) is 23.1 Å². The smallest absolute Gasteiger partial charge is 0.230 e. The summed E-state index contributed by atoms with van der Waals surface area (Å²) in [5.41, 5.74) is 3.42. The molecule has 0 bridgehead atoms. The average Bonchev–Trinajstić information content (AvgIpc) is 3.58. The second kappa shape index (κ2) is 9.09. The second-order valence-corrected chi connectivity index (χ2v) is 8.56. The number of aromatic nitrogens is 4. The predicted molar refractivity (Wildman–Crippen MR) is 126 cm³/mol. The molecule has 1 atom stereocenters. The SMILES string of the molecule is Cn1c(CCC(=O)N2CCC(C(=O)Nc3cc(-c4ccc(F)cc4)[nH]n3)C2)nc2ccccc21. The Balaban J connectivity index is 1.14. The average molecular weight is 461 g/mol. The van der Waals surface area contributed by atoms with Crippen molar-refractivity contribution < 1.29 is 14.0 Å². The molecule has 2 amide bonds. The molecule has 1 unspecified atom stereocenters. The summed E-state index contributed by atoms with van der Waals surface area (Å²) >= 11 is 0. The van der Waals surface area contributed by atoms with Crippen LogP contribution in [-0.4, -0.2) is 49.6 Å². The maximum Gasteiger partial charge on any atom is 0.230 e. The molecule has 0 aliphatic carbocycles. The molecule has 174 valence electrons. The van der Waals surface area contributed by atoms with E-state index in [4.69, 9.17) is 0 Å². The molecule has 5 rings (SSSR count). The standard InChI is InChI=1S/C25H25FN6O2/c1-31-21-5-3-2-4-19(21)27-23(31)10-11-24(33)32-13-12-17(15-32)25(34)28-22-14-20(29-30-22)16-6-8-18(26)9-7-16/h2-9,14,17H,10-13,15H2,1H3,(H2,28,29,30,34). The Bertz CT molecular complexity index is 1340. The van der Waals surface area contributed by atoms with Crippen LogP contribution in [0.15, 0.2) is 54.6 Å². The number of rotatable bonds is 6. The molecule has 1 fully saturated rings. The van der Waals surface area contributed by atoms with E-state index in [-0.39, 0.29) is 23.5 Å². The third kappa shape index (κ3) is 4.41. The minimum absolute atomic E-state index is 0.0284. The Morgan fingerprint density at radius 2 is 1.97 bits per heavy atom. The van der Waals surface area contributed by atoms with Gasteiger partial charge in [0.05, 0.1) is 22.6 Å². The molecule has 4 aromatic rings. The van der Waals surface area contributed by atoms with Crippen LogP contribution in [0.4, 0.5) is 10.2 Å². The number of aromatic amines is 1. The summed E-state index contributed by atoms with van der Waals surface area (Å²) < 4.78 is 15.1. The lowest BCUT2D eigenvalue weighted by molar-refractivity contribution is -0.130. The molecule has 1 aliphatic rings. The van der Waals surface area contributed by atoms with E-state index in [2.05, 4.69) is 20.5 Å². The lowest BCUT2D eigenvalue weighted by Crippen LogP contribution is -2.31. The lowest BCUT2D eigenvalue weighted by atomic mass is 10.1. The van der Waals surface area contributed by atoms with Crippen LogP contribution in [0.2, 0.25) is 0 Å². The van der Waals surface area contributed by atoms with Gasteiger partial charge in [0.25, 0.3) is 0 Å². The lowest BCUT2D eigenvalue weighted by Gasteiger charge is -2.16. The van der Waals surface area contributed by atoms with Crippen molar-refractivity contribution in [3.63, 3.8) is 0 Å². The van der Waals surface area contributed by atoms with Gasteiger partial charge in [0.1, 0.15) is 11.6 Å². The van der Waals surface area contributed by atoms with Gasteiger partial charge in [-0.25, -0.2) is 9.37 Å². The first-order valence-electron chi connectivity index (χ1n) is 11.3. The summed E-state index contributed by atoms with van der Waals surface area (Å²) in [6.07, 6.45) is 1.52. The number of anilines is 1. The van der Waals surface area contributed by atoms with E-state index in [9.17, 15) is 14.0 Å². The fraction of sp³-hybridized carbons (Fsp3) is 0.280. The monoisotopic (exact) mass is 460 g/mol. The molecular formula is C25H25FN6O2. The number of aryl methyl sites for hydroxylation is 2. The zero-order valence-electron chi connectivity index (χ0n) is 18.8. The highest BCUT2D eigenvalue weighted by Gasteiger charge is 2.31. The molecule has 2 aromatic heterocycles. The van der Waals surface area contributed by atoms with Gasteiger partial charge >= 0.3 is 0 Å². The third-order valence-electron chi connectivity index (χ3n) is 6.34. The molecule has 9 heteroatoms. The van der Waals surface area contributed by atoms with Crippen molar-refractivity contribution in [3.8, 4) is 11.3 Å². The van der Waals surface area contributed by atoms with E-state index in [0.717, 1.165) is 22.4 Å². The molecular weight excluding hydrogens is 435 g/mol. The topological polar surface area (TPSA) is 95.9 Å². The molecule has 2 aromatic carbocycles. The highest BCUT2D eigenvalue weighted by molar-refractivity contribution is 5.93. The van der Waals surface area contributed by atoms with Gasteiger partial charge in [-0.1, -0.05) is 12.1 Å². The van der Waals surface area contributed by atoms with E-state index >= 15 is 0 Å². The Labute approximate surface area is 195 Å². The number of carbonyl (C=O) groups is 2. The number of hydrogen-bond acceptors (Lipinski definition) is 4. The van der Waals surface area contributed by atoms with E-state index in [1.807, 2.05) is 35.9 Å². The second-order valence-electron chi connectivity index (χ2n) is 8.56. The first kappa shape index (κ1) is 21.8. The van der Waals surface area contributed by atoms with Gasteiger partial charge in [-0.15, -0.1) is 0 Å². The molecule has 0 spiro atoms. The van der Waals surface area contributed by atoms with Gasteiger partial charge in [-0.05, 0) is 48.4 Å². The van der Waals surface area contributed by atoms with Crippen LogP contribution in [0.25, 0.3) is 22.3 Å². The van der Waals surface area contributed by atoms with Crippen molar-refractivity contribution in [1.82, 2.24) is 24.6 Å². The summed E-state index contributed by atoms with van der Waals surface area (Å²) in [6.45, 7) is 0.948. The molecule has 0 radical (unpaired) electrons. The Morgan fingerprint density at radius 3 is 2.76 bits per heavy atom. The zero-order valence-corrected chi connectivity index (χ0v) is 18.8. The number of benzene rings is 2. The van der Waals surface area contributed by atoms with Crippen LogP contribution >= 0.6 is 0 Å². The first-order valence-corrected chi connectivity index (χ1v) is 11.3. The summed E-state index contributed by atoms with van der Waals surface area (Å²) in [7, 11) is 1.96. The number of imidazole rings is 1. The predicted octanol–water partition coefficient (Wildman–Crippen LogP) is 3.52. The van der Waals surface area contributed by atoms with Crippen LogP contribution in [-0.2, 0) is 23.1 Å². The Hall–Kier alpha value is -4.01. The zero-order chi connectivity index (χ0) is 23.7. The largest absolute Gasteiger partial charge is 0.342 e. The van der Waals surface area contributed by atoms with Gasteiger partial charge in [0.15, 0.2) is 5.82 Å². The normalized spacial score (nSPS) is 15.7. The minimum atomic E-state index is -0.314. The summed E-state index contributed by atoms with van der Waals surface area (Å²) in [4.78, 5) is 31.9. The molecule has 3 heterocycles. The van der Waals surface area contributed by atoms with Crippen LogP contribution in [0, 0.1) is 11.7 Å². The van der Waals surface area contributed by atoms with Crippen molar-refractivity contribution in [2.45, 2.75) is 19.3 Å². The number of likely N-dealkylation sites (tertiary alicyclic amines) is 1. The quantitative estimate of drug-likeness (QED) is 0.460. The molecule has 2 N–H and O–H groups in total. The molecule has 8 nitrogen and oxygen atoms in total. The Morgan fingerprint density at radius 1 is 1.18 bits per heavy atom. The van der Waals surface area contributed by atoms with Gasteiger partial charge < -0.3 is 14.8 Å². The van der Waals surface area contributed by atoms with Gasteiger partial charge in [-0.3, -0.25) is 14.7 Å². The van der Waals surface area contributed by atoms with E-state index in [0.29, 0.717) is 43.9 Å². The number of carbonyl (C=O) groups excluding carboxylic acids is 2. The number of hydrogen-bond donors (Lipinski definition) is 2.